The highest BCUT2D eigenvalue weighted by Crippen LogP contribution is 2.22. The Morgan fingerprint density at radius 2 is 2.05 bits per heavy atom. The summed E-state index contributed by atoms with van der Waals surface area (Å²) in [5.41, 5.74) is 8.54. The van der Waals surface area contributed by atoms with Crippen molar-refractivity contribution in [1.29, 1.82) is 0 Å². The quantitative estimate of drug-likeness (QED) is 0.827. The van der Waals surface area contributed by atoms with Gasteiger partial charge in [0.1, 0.15) is 6.04 Å². The van der Waals surface area contributed by atoms with Crippen LogP contribution in [0.2, 0.25) is 0 Å². The molecular formula is C15H15NO2S. The first kappa shape index (κ1) is 13.6. The van der Waals surface area contributed by atoms with Gasteiger partial charge in [0, 0.05) is 11.3 Å². The highest BCUT2D eigenvalue weighted by atomic mass is 32.1. The molecule has 4 heteroatoms. The zero-order valence-electron chi connectivity index (χ0n) is 10.4. The van der Waals surface area contributed by atoms with E-state index in [1.54, 1.807) is 0 Å². The zero-order valence-corrected chi connectivity index (χ0v) is 11.2. The predicted molar refractivity (Wildman–Crippen MR) is 80.1 cm³/mol. The Morgan fingerprint density at radius 3 is 2.63 bits per heavy atom. The number of hydrogen-bond acceptors (Lipinski definition) is 3. The van der Waals surface area contributed by atoms with Crippen LogP contribution in [0.25, 0.3) is 5.57 Å². The van der Waals surface area contributed by atoms with Crippen LogP contribution in [0.4, 0.5) is 0 Å². The Hall–Kier alpha value is -1.78. The van der Waals surface area contributed by atoms with E-state index in [4.69, 9.17) is 23.1 Å². The van der Waals surface area contributed by atoms with E-state index in [2.05, 4.69) is 0 Å². The molecule has 0 fully saturated rings. The van der Waals surface area contributed by atoms with Crippen LogP contribution in [0, 0.1) is 0 Å². The van der Waals surface area contributed by atoms with Gasteiger partial charge in [-0.1, -0.05) is 54.7 Å². The predicted octanol–water partition coefficient (Wildman–Crippen LogP) is 2.35. The van der Waals surface area contributed by atoms with Gasteiger partial charge in [-0.15, -0.1) is 0 Å². The maximum atomic E-state index is 10.7. The van der Waals surface area contributed by atoms with Gasteiger partial charge in [0.2, 0.25) is 0 Å². The van der Waals surface area contributed by atoms with Crippen LogP contribution in [0.15, 0.2) is 42.5 Å². The van der Waals surface area contributed by atoms with Crippen LogP contribution in [-0.4, -0.2) is 22.0 Å². The molecule has 0 heterocycles. The molecule has 98 valence electrons. The molecule has 0 saturated carbocycles. The lowest BCUT2D eigenvalue weighted by molar-refractivity contribution is -0.138. The summed E-state index contributed by atoms with van der Waals surface area (Å²) >= 11 is 5.33. The Kier molecular flexibility index (Phi) is 4.24. The fourth-order valence-corrected chi connectivity index (χ4v) is 2.24. The van der Waals surface area contributed by atoms with Gasteiger partial charge in [0.15, 0.2) is 0 Å². The maximum Gasteiger partial charge on any atom is 0.320 e. The average Bonchev–Trinajstić information content (AvgIpc) is 2.40. The van der Waals surface area contributed by atoms with E-state index in [-0.39, 0.29) is 0 Å². The molecule has 0 aliphatic heterocycles. The molecule has 0 unspecified atom stereocenters. The van der Waals surface area contributed by atoms with E-state index in [1.165, 1.54) is 0 Å². The molecule has 0 bridgehead atoms. The summed E-state index contributed by atoms with van der Waals surface area (Å²) in [5.74, 6) is -0.981. The number of thiocarbonyl (C=S) groups is 1. The zero-order chi connectivity index (χ0) is 13.8. The van der Waals surface area contributed by atoms with Crippen molar-refractivity contribution in [3.63, 3.8) is 0 Å². The lowest BCUT2D eigenvalue weighted by Crippen LogP contribution is -2.32. The van der Waals surface area contributed by atoms with Crippen LogP contribution >= 0.6 is 12.2 Å². The number of benzene rings is 1. The van der Waals surface area contributed by atoms with Crippen LogP contribution in [0.3, 0.4) is 0 Å². The Bertz CT molecular complexity index is 558. The number of carbonyl (C=O) groups is 1. The van der Waals surface area contributed by atoms with Crippen molar-refractivity contribution < 1.29 is 9.90 Å². The van der Waals surface area contributed by atoms with Crippen molar-refractivity contribution in [3.05, 3.63) is 53.6 Å². The number of allylic oxidation sites excluding steroid dienone is 4. The number of carboxylic acids is 1. The molecule has 0 spiro atoms. The average molecular weight is 273 g/mol. The third-order valence-electron chi connectivity index (χ3n) is 3.04. The molecule has 1 aromatic rings. The standard InChI is InChI=1S/C15H15NO2S/c16-13(15(17)18)9-10-5-7-11(8-6-10)12-3-1-2-4-14(12)19/h1-3,5-8,13H,4,9,16H2,(H,17,18)/t13-/m0/s1. The van der Waals surface area contributed by atoms with Crippen molar-refractivity contribution in [1.82, 2.24) is 0 Å². The van der Waals surface area contributed by atoms with Gasteiger partial charge >= 0.3 is 5.97 Å². The lowest BCUT2D eigenvalue weighted by atomic mass is 9.95. The minimum atomic E-state index is -0.981. The normalized spacial score (nSPS) is 16.1. The third-order valence-corrected chi connectivity index (χ3v) is 3.43. The minimum Gasteiger partial charge on any atom is -0.480 e. The van der Waals surface area contributed by atoms with E-state index in [1.807, 2.05) is 42.5 Å². The first-order valence-electron chi connectivity index (χ1n) is 6.05. The lowest BCUT2D eigenvalue weighted by Gasteiger charge is -2.12. The molecule has 0 radical (unpaired) electrons. The van der Waals surface area contributed by atoms with Crippen LogP contribution < -0.4 is 5.73 Å². The smallest absolute Gasteiger partial charge is 0.320 e. The van der Waals surface area contributed by atoms with Crippen LogP contribution in [-0.2, 0) is 11.2 Å². The fraction of sp³-hybridized carbons (Fsp3) is 0.200. The van der Waals surface area contributed by atoms with Gasteiger partial charge in [-0.05, 0) is 23.1 Å². The van der Waals surface area contributed by atoms with Crippen LogP contribution in [0.5, 0.6) is 0 Å². The van der Waals surface area contributed by atoms with E-state index in [0.717, 1.165) is 28.0 Å². The molecule has 1 aliphatic rings. The summed E-state index contributed by atoms with van der Waals surface area (Å²) in [4.78, 5) is 11.6. The van der Waals surface area contributed by atoms with Gasteiger partial charge in [-0.2, -0.15) is 0 Å². The maximum absolute atomic E-state index is 10.7. The minimum absolute atomic E-state index is 0.332. The van der Waals surface area contributed by atoms with Crippen molar-refractivity contribution >= 4 is 28.6 Å². The third kappa shape index (κ3) is 3.36. The van der Waals surface area contributed by atoms with Crippen molar-refractivity contribution in [3.8, 4) is 0 Å². The molecule has 0 saturated heterocycles. The SMILES string of the molecule is N[C@@H](Cc1ccc(C2=CC=CCC2=S)cc1)C(=O)O. The molecule has 19 heavy (non-hydrogen) atoms. The molecule has 3 nitrogen and oxygen atoms in total. The van der Waals surface area contributed by atoms with Gasteiger partial charge < -0.3 is 10.8 Å². The summed E-state index contributed by atoms with van der Waals surface area (Å²) in [5, 5.41) is 8.78. The van der Waals surface area contributed by atoms with Gasteiger partial charge in [-0.3, -0.25) is 4.79 Å². The number of hydrogen-bond donors (Lipinski definition) is 2. The van der Waals surface area contributed by atoms with Gasteiger partial charge in [0.25, 0.3) is 0 Å². The van der Waals surface area contributed by atoms with E-state index in [0.29, 0.717) is 6.42 Å². The van der Waals surface area contributed by atoms with Gasteiger partial charge in [0.05, 0.1) is 0 Å². The highest BCUT2D eigenvalue weighted by molar-refractivity contribution is 7.81. The number of aliphatic carboxylic acids is 1. The Morgan fingerprint density at radius 1 is 1.37 bits per heavy atom. The van der Waals surface area contributed by atoms with Crippen LogP contribution in [0.1, 0.15) is 17.5 Å². The molecule has 0 aromatic heterocycles. The number of rotatable bonds is 4. The van der Waals surface area contributed by atoms with Crippen molar-refractivity contribution in [2.75, 3.05) is 0 Å². The molecule has 1 atom stereocenters. The summed E-state index contributed by atoms with van der Waals surface area (Å²) in [7, 11) is 0. The highest BCUT2D eigenvalue weighted by Gasteiger charge is 2.13. The van der Waals surface area contributed by atoms with E-state index >= 15 is 0 Å². The molecule has 1 aromatic carbocycles. The first-order chi connectivity index (χ1) is 9.08. The van der Waals surface area contributed by atoms with Crippen molar-refractivity contribution in [2.24, 2.45) is 5.73 Å². The largest absolute Gasteiger partial charge is 0.480 e. The van der Waals surface area contributed by atoms with Gasteiger partial charge in [-0.25, -0.2) is 0 Å². The number of nitrogens with two attached hydrogens (primary N) is 1. The summed E-state index contributed by atoms with van der Waals surface area (Å²) < 4.78 is 0. The molecule has 3 N–H and O–H groups in total. The van der Waals surface area contributed by atoms with E-state index in [9.17, 15) is 4.79 Å². The molecule has 0 amide bonds. The molecule has 1 aliphatic carbocycles. The fourth-order valence-electron chi connectivity index (χ4n) is 1.96. The van der Waals surface area contributed by atoms with E-state index < -0.39 is 12.0 Å². The Labute approximate surface area is 117 Å². The molecule has 2 rings (SSSR count). The second-order valence-corrected chi connectivity index (χ2v) is 4.97. The topological polar surface area (TPSA) is 63.3 Å². The summed E-state index contributed by atoms with van der Waals surface area (Å²) in [6, 6.07) is 6.87. The second kappa shape index (κ2) is 5.91. The molecular weight excluding hydrogens is 258 g/mol. The summed E-state index contributed by atoms with van der Waals surface area (Å²) in [6.45, 7) is 0. The van der Waals surface area contributed by atoms with Crippen molar-refractivity contribution in [2.45, 2.75) is 18.9 Å². The number of carboxylic acid groups (broad SMARTS) is 1. The first-order valence-corrected chi connectivity index (χ1v) is 6.46. The Balaban J connectivity index is 2.15. The monoisotopic (exact) mass is 273 g/mol. The summed E-state index contributed by atoms with van der Waals surface area (Å²) in [6.07, 6.45) is 7.17. The second-order valence-electron chi connectivity index (χ2n) is 4.48.